The maximum Gasteiger partial charge on any atom is 0.309 e. The minimum Gasteiger partial charge on any atom is -0.481 e. The minimum absolute atomic E-state index is 0.450. The zero-order valence-electron chi connectivity index (χ0n) is 7.14. The SMILES string of the molecule is CC(C)CC(C)(C)C(=O)O. The second kappa shape index (κ2) is 3.04. The fourth-order valence-electron chi connectivity index (χ4n) is 1.11. The van der Waals surface area contributed by atoms with E-state index in [2.05, 4.69) is 0 Å². The molecule has 0 aromatic heterocycles. The van der Waals surface area contributed by atoms with E-state index in [0.29, 0.717) is 5.92 Å². The molecule has 10 heavy (non-hydrogen) atoms. The van der Waals surface area contributed by atoms with Gasteiger partial charge < -0.3 is 5.11 Å². The van der Waals surface area contributed by atoms with Gasteiger partial charge in [0.05, 0.1) is 5.41 Å². The monoisotopic (exact) mass is 144 g/mol. The molecule has 60 valence electrons. The molecular weight excluding hydrogens is 128 g/mol. The van der Waals surface area contributed by atoms with Crippen LogP contribution in [-0.4, -0.2) is 11.1 Å². The van der Waals surface area contributed by atoms with E-state index >= 15 is 0 Å². The van der Waals surface area contributed by atoms with Crippen molar-refractivity contribution in [1.82, 2.24) is 0 Å². The molecule has 0 saturated carbocycles. The third kappa shape index (κ3) is 2.85. The molecule has 0 radical (unpaired) electrons. The van der Waals surface area contributed by atoms with Gasteiger partial charge in [0, 0.05) is 0 Å². The minimum atomic E-state index is -0.707. The van der Waals surface area contributed by atoms with Crippen LogP contribution in [0.2, 0.25) is 0 Å². The fraction of sp³-hybridized carbons (Fsp3) is 0.875. The van der Waals surface area contributed by atoms with Crippen LogP contribution in [0, 0.1) is 11.3 Å². The number of rotatable bonds is 3. The summed E-state index contributed by atoms with van der Waals surface area (Å²) in [7, 11) is 0. The Morgan fingerprint density at radius 3 is 2.00 bits per heavy atom. The molecule has 0 bridgehead atoms. The number of aliphatic carboxylic acids is 1. The molecule has 2 heteroatoms. The van der Waals surface area contributed by atoms with E-state index in [0.717, 1.165) is 6.42 Å². The van der Waals surface area contributed by atoms with Gasteiger partial charge in [-0.2, -0.15) is 0 Å². The first-order valence-electron chi connectivity index (χ1n) is 3.59. The standard InChI is InChI=1S/C8H16O2/c1-6(2)5-8(3,4)7(9)10/h6H,5H2,1-4H3,(H,9,10). The largest absolute Gasteiger partial charge is 0.481 e. The molecule has 0 fully saturated rings. The van der Waals surface area contributed by atoms with E-state index in [1.807, 2.05) is 13.8 Å². The summed E-state index contributed by atoms with van der Waals surface area (Å²) >= 11 is 0. The first-order chi connectivity index (χ1) is 4.36. The predicted octanol–water partition coefficient (Wildman–Crippen LogP) is 2.14. The molecule has 0 unspecified atom stereocenters. The van der Waals surface area contributed by atoms with Crippen molar-refractivity contribution >= 4 is 5.97 Å². The van der Waals surface area contributed by atoms with Gasteiger partial charge in [0.2, 0.25) is 0 Å². The first kappa shape index (κ1) is 9.47. The smallest absolute Gasteiger partial charge is 0.309 e. The van der Waals surface area contributed by atoms with E-state index in [-0.39, 0.29) is 0 Å². The average Bonchev–Trinajstić information content (AvgIpc) is 1.60. The zero-order valence-corrected chi connectivity index (χ0v) is 7.14. The molecule has 0 amide bonds. The summed E-state index contributed by atoms with van der Waals surface area (Å²) in [5.41, 5.74) is -0.561. The Hall–Kier alpha value is -0.530. The van der Waals surface area contributed by atoms with Gasteiger partial charge in [-0.3, -0.25) is 4.79 Å². The van der Waals surface area contributed by atoms with Crippen LogP contribution in [0.3, 0.4) is 0 Å². The van der Waals surface area contributed by atoms with Gasteiger partial charge in [0.25, 0.3) is 0 Å². The Labute approximate surface area is 62.2 Å². The molecule has 0 aliphatic heterocycles. The summed E-state index contributed by atoms with van der Waals surface area (Å²) in [5.74, 6) is -0.257. The second-order valence-corrected chi connectivity index (χ2v) is 3.79. The Balaban J connectivity index is 4.00. The van der Waals surface area contributed by atoms with Crippen molar-refractivity contribution in [3.05, 3.63) is 0 Å². The third-order valence-corrected chi connectivity index (χ3v) is 1.50. The lowest BCUT2D eigenvalue weighted by Gasteiger charge is -2.20. The molecule has 0 aromatic rings. The molecule has 2 nitrogen and oxygen atoms in total. The van der Waals surface area contributed by atoms with Gasteiger partial charge in [-0.1, -0.05) is 13.8 Å². The maximum absolute atomic E-state index is 10.6. The van der Waals surface area contributed by atoms with E-state index in [1.165, 1.54) is 0 Å². The lowest BCUT2D eigenvalue weighted by molar-refractivity contribution is -0.147. The highest BCUT2D eigenvalue weighted by molar-refractivity contribution is 5.73. The van der Waals surface area contributed by atoms with Crippen molar-refractivity contribution in [3.63, 3.8) is 0 Å². The van der Waals surface area contributed by atoms with Crippen LogP contribution in [-0.2, 0) is 4.79 Å². The molecule has 0 aliphatic rings. The molecule has 1 N–H and O–H groups in total. The molecule has 0 saturated heterocycles. The summed E-state index contributed by atoms with van der Waals surface area (Å²) < 4.78 is 0. The van der Waals surface area contributed by atoms with Gasteiger partial charge in [-0.15, -0.1) is 0 Å². The highest BCUT2D eigenvalue weighted by Gasteiger charge is 2.27. The highest BCUT2D eigenvalue weighted by Crippen LogP contribution is 2.24. The van der Waals surface area contributed by atoms with Crippen molar-refractivity contribution in [2.75, 3.05) is 0 Å². The van der Waals surface area contributed by atoms with Gasteiger partial charge in [0.1, 0.15) is 0 Å². The lowest BCUT2D eigenvalue weighted by atomic mass is 9.84. The number of carboxylic acids is 1. The molecule has 0 aromatic carbocycles. The van der Waals surface area contributed by atoms with Crippen LogP contribution in [0.25, 0.3) is 0 Å². The maximum atomic E-state index is 10.6. The average molecular weight is 144 g/mol. The van der Waals surface area contributed by atoms with Crippen molar-refractivity contribution in [3.8, 4) is 0 Å². The third-order valence-electron chi connectivity index (χ3n) is 1.50. The van der Waals surface area contributed by atoms with E-state index < -0.39 is 11.4 Å². The molecule has 0 aliphatic carbocycles. The van der Waals surface area contributed by atoms with Crippen LogP contribution in [0.1, 0.15) is 34.1 Å². The van der Waals surface area contributed by atoms with Crippen LogP contribution in [0.5, 0.6) is 0 Å². The molecule has 0 spiro atoms. The van der Waals surface area contributed by atoms with Crippen LogP contribution >= 0.6 is 0 Å². The van der Waals surface area contributed by atoms with Gasteiger partial charge >= 0.3 is 5.97 Å². The highest BCUT2D eigenvalue weighted by atomic mass is 16.4. The van der Waals surface area contributed by atoms with Gasteiger partial charge in [0.15, 0.2) is 0 Å². The zero-order chi connectivity index (χ0) is 8.36. The Morgan fingerprint density at radius 1 is 1.50 bits per heavy atom. The molecular formula is C8H16O2. The Bertz CT molecular complexity index is 125. The second-order valence-electron chi connectivity index (χ2n) is 3.79. The predicted molar refractivity (Wildman–Crippen MR) is 40.9 cm³/mol. The summed E-state index contributed by atoms with van der Waals surface area (Å²) in [6.07, 6.45) is 0.738. The lowest BCUT2D eigenvalue weighted by Crippen LogP contribution is -2.25. The van der Waals surface area contributed by atoms with Crippen molar-refractivity contribution in [1.29, 1.82) is 0 Å². The van der Waals surface area contributed by atoms with Crippen molar-refractivity contribution < 1.29 is 9.90 Å². The quantitative estimate of drug-likeness (QED) is 0.659. The van der Waals surface area contributed by atoms with Crippen molar-refractivity contribution in [2.24, 2.45) is 11.3 Å². The normalized spacial score (nSPS) is 12.1. The van der Waals surface area contributed by atoms with Crippen LogP contribution in [0.15, 0.2) is 0 Å². The van der Waals surface area contributed by atoms with E-state index in [4.69, 9.17) is 5.11 Å². The summed E-state index contributed by atoms with van der Waals surface area (Å²) in [4.78, 5) is 10.6. The van der Waals surface area contributed by atoms with Crippen LogP contribution in [0.4, 0.5) is 0 Å². The first-order valence-corrected chi connectivity index (χ1v) is 3.59. The topological polar surface area (TPSA) is 37.3 Å². The number of carbonyl (C=O) groups is 1. The number of hydrogen-bond donors (Lipinski definition) is 1. The summed E-state index contributed by atoms with van der Waals surface area (Å²) in [5, 5.41) is 8.69. The number of carboxylic acid groups (broad SMARTS) is 1. The summed E-state index contributed by atoms with van der Waals surface area (Å²) in [6.45, 7) is 7.58. The van der Waals surface area contributed by atoms with Crippen LogP contribution < -0.4 is 0 Å². The molecule has 0 rings (SSSR count). The van der Waals surface area contributed by atoms with Gasteiger partial charge in [-0.25, -0.2) is 0 Å². The summed E-state index contributed by atoms with van der Waals surface area (Å²) in [6, 6.07) is 0. The number of hydrogen-bond acceptors (Lipinski definition) is 1. The van der Waals surface area contributed by atoms with E-state index in [1.54, 1.807) is 13.8 Å². The van der Waals surface area contributed by atoms with Gasteiger partial charge in [-0.05, 0) is 26.2 Å². The Morgan fingerprint density at radius 2 is 1.90 bits per heavy atom. The van der Waals surface area contributed by atoms with E-state index in [9.17, 15) is 4.79 Å². The molecule has 0 atom stereocenters. The molecule has 0 heterocycles. The fourth-order valence-corrected chi connectivity index (χ4v) is 1.11. The van der Waals surface area contributed by atoms with Crippen molar-refractivity contribution in [2.45, 2.75) is 34.1 Å². The Kier molecular flexibility index (Phi) is 2.88.